The van der Waals surface area contributed by atoms with Gasteiger partial charge in [-0.1, -0.05) is 68.4 Å². The molecule has 31 heteroatoms. The lowest BCUT2D eigenvalue weighted by Gasteiger charge is -2.48. The highest BCUT2D eigenvalue weighted by atomic mass is 31.2. The summed E-state index contributed by atoms with van der Waals surface area (Å²) in [6.07, 6.45) is -3.29. The van der Waals surface area contributed by atoms with Gasteiger partial charge in [0.1, 0.15) is 28.3 Å². The van der Waals surface area contributed by atoms with E-state index < -0.39 is 110 Å². The van der Waals surface area contributed by atoms with Crippen molar-refractivity contribution in [2.75, 3.05) is 106 Å². The molecule has 536 valence electrons. The van der Waals surface area contributed by atoms with Gasteiger partial charge in [-0.3, -0.25) is 58.1 Å². The van der Waals surface area contributed by atoms with E-state index in [1.54, 1.807) is 35.0 Å². The van der Waals surface area contributed by atoms with Gasteiger partial charge >= 0.3 is 23.6 Å². The van der Waals surface area contributed by atoms with Crippen molar-refractivity contribution < 1.29 is 80.3 Å². The maximum absolute atomic E-state index is 14.0. The number of nitrogens with one attached hydrogen (secondary N) is 3. The Balaban J connectivity index is 1.04. The molecule has 0 spiro atoms. The van der Waals surface area contributed by atoms with Crippen molar-refractivity contribution in [2.24, 2.45) is 5.92 Å². The number of esters is 3. The van der Waals surface area contributed by atoms with Crippen molar-refractivity contribution in [3.8, 4) is 17.6 Å². The minimum atomic E-state index is -1.90. The van der Waals surface area contributed by atoms with E-state index in [-0.39, 0.29) is 114 Å². The molecule has 3 N–H and O–H groups in total. The van der Waals surface area contributed by atoms with E-state index in [1.807, 2.05) is 107 Å². The van der Waals surface area contributed by atoms with Crippen LogP contribution in [0.5, 0.6) is 11.5 Å². The largest absolute Gasteiger partial charge is 0.497 e. The van der Waals surface area contributed by atoms with E-state index in [4.69, 9.17) is 61.2 Å². The number of nitriles is 1. The van der Waals surface area contributed by atoms with Crippen molar-refractivity contribution in [1.82, 2.24) is 38.6 Å². The number of hydrogen-bond donors (Lipinski definition) is 3. The van der Waals surface area contributed by atoms with Crippen LogP contribution in [-0.2, 0) is 76.5 Å². The average molecular weight is 1400 g/mol. The number of benzene rings is 3. The van der Waals surface area contributed by atoms with E-state index in [9.17, 15) is 38.8 Å². The standard InChI is InChI=1S/C68H89N10O20P/c1-43(2)60(82)72-64-71-59-56(62(84)73-64)70-42-77(59)63-57(95-47(8)79)58(96-48(9)80)67(98-63,35-55(81)88-12)41-91-34-33-90-32-31-89-30-28-75-37-54(76-36-46(7)61(83)74-65(76)85)97-66(38-75,40-94-99(93-29-16-27-69)78(44(3)4)45(5)6)39-92-68(49-17-14-13-15-18-49,50-19-23-52(86-10)24-20-50)51-21-25-53(87-11)26-22-51/h13-15,17-26,36,42-45,54,57-58,63H,16,28-35,37-41H2,1-12H3,(H,74,83,85)(H2,71,72,73,82,84)/t54-,57-,58+,63-,66+,67-,99?/m1/s1. The molecule has 0 radical (unpaired) electrons. The van der Waals surface area contributed by atoms with Crippen LogP contribution in [0.1, 0.15) is 103 Å². The summed E-state index contributed by atoms with van der Waals surface area (Å²) < 4.78 is 85.9. The molecule has 0 aliphatic carbocycles. The van der Waals surface area contributed by atoms with Crippen LogP contribution in [0.15, 0.2) is 106 Å². The number of carbonyl (C=O) groups excluding carboxylic acids is 4. The number of H-pyrrole nitrogens is 2. The second-order valence-electron chi connectivity index (χ2n) is 24.7. The Labute approximate surface area is 574 Å². The topological polar surface area (TPSA) is 349 Å². The molecule has 99 heavy (non-hydrogen) atoms. The highest BCUT2D eigenvalue weighted by molar-refractivity contribution is 7.44. The molecule has 0 saturated carbocycles. The Bertz CT molecular complexity index is 3840. The van der Waals surface area contributed by atoms with Crippen molar-refractivity contribution in [3.63, 3.8) is 0 Å². The summed E-state index contributed by atoms with van der Waals surface area (Å²) >= 11 is 0. The smallest absolute Gasteiger partial charge is 0.330 e. The maximum atomic E-state index is 14.0. The number of hydrogen-bond acceptors (Lipinski definition) is 25. The lowest BCUT2D eigenvalue weighted by molar-refractivity contribution is -0.229. The van der Waals surface area contributed by atoms with E-state index >= 15 is 0 Å². The van der Waals surface area contributed by atoms with Crippen LogP contribution < -0.4 is 31.6 Å². The third-order valence-electron chi connectivity index (χ3n) is 16.4. The first-order valence-electron chi connectivity index (χ1n) is 32.4. The molecule has 2 fully saturated rings. The molecule has 2 aliphatic heterocycles. The van der Waals surface area contributed by atoms with Gasteiger partial charge in [0.25, 0.3) is 19.6 Å². The van der Waals surface area contributed by atoms with Gasteiger partial charge in [0.2, 0.25) is 11.9 Å². The number of anilines is 1. The molecule has 3 aromatic heterocycles. The zero-order chi connectivity index (χ0) is 71.6. The predicted octanol–water partition coefficient (Wildman–Crippen LogP) is 6.20. The van der Waals surface area contributed by atoms with Crippen LogP contribution in [0.2, 0.25) is 0 Å². The molecular formula is C68H89N10O20P. The van der Waals surface area contributed by atoms with Gasteiger partial charge in [-0.25, -0.2) is 14.4 Å². The predicted molar refractivity (Wildman–Crippen MR) is 359 cm³/mol. The van der Waals surface area contributed by atoms with Gasteiger partial charge in [-0.15, -0.1) is 0 Å². The highest BCUT2D eigenvalue weighted by Crippen LogP contribution is 2.49. The summed E-state index contributed by atoms with van der Waals surface area (Å²) in [5, 5.41) is 12.2. The van der Waals surface area contributed by atoms with Crippen LogP contribution >= 0.6 is 8.53 Å². The quantitative estimate of drug-likeness (QED) is 0.0129. The molecule has 6 aromatic rings. The van der Waals surface area contributed by atoms with Crippen molar-refractivity contribution in [1.29, 1.82) is 5.26 Å². The Morgan fingerprint density at radius 2 is 1.37 bits per heavy atom. The number of fused-ring (bicyclic) bond motifs is 1. The fourth-order valence-corrected chi connectivity index (χ4v) is 13.5. The second-order valence-corrected chi connectivity index (χ2v) is 26.1. The molecule has 1 amide bonds. The number of aryl methyl sites for hydroxylation is 1. The fourth-order valence-electron chi connectivity index (χ4n) is 11.8. The van der Waals surface area contributed by atoms with Crippen molar-refractivity contribution in [2.45, 2.75) is 129 Å². The van der Waals surface area contributed by atoms with Crippen LogP contribution in [0.25, 0.3) is 11.2 Å². The molecule has 2 aliphatic rings. The molecule has 30 nitrogen and oxygen atoms in total. The Morgan fingerprint density at radius 3 is 1.96 bits per heavy atom. The average Bonchev–Trinajstić information content (AvgIpc) is 1.68. The molecule has 1 unspecified atom stereocenters. The van der Waals surface area contributed by atoms with Gasteiger partial charge < -0.3 is 61.2 Å². The normalized spacial score (nSPS) is 19.9. The zero-order valence-electron chi connectivity index (χ0n) is 57.8. The minimum Gasteiger partial charge on any atom is -0.497 e. The number of nitrogens with zero attached hydrogens (tertiary/aromatic N) is 7. The number of carbonyl (C=O) groups is 4. The van der Waals surface area contributed by atoms with Crippen LogP contribution in [0.3, 0.4) is 0 Å². The second kappa shape index (κ2) is 35.1. The minimum absolute atomic E-state index is 0.0111. The van der Waals surface area contributed by atoms with Crippen LogP contribution in [0, 0.1) is 24.2 Å². The molecule has 5 heterocycles. The SMILES string of the molecule is COC(=O)C[C@]1(COCCOCCOCCN2C[C@H](n3cc(C)c(=O)[nH]c3=O)O[C@](COP(OCCC#N)N(C(C)C)C(C)C)(COC(c3ccccc3)(c3ccc(OC)cc3)c3ccc(OC)cc3)C2)O[C@@H](n2cnc3c(=O)[nH]c(NC(=O)C(C)C)nc32)[C@H](OC(C)=O)[C@@H]1OC(C)=O. The van der Waals surface area contributed by atoms with Crippen molar-refractivity contribution >= 4 is 49.5 Å². The first-order valence-corrected chi connectivity index (χ1v) is 33.6. The highest BCUT2D eigenvalue weighted by Gasteiger charge is 2.61. The van der Waals surface area contributed by atoms with Crippen molar-refractivity contribution in [3.05, 3.63) is 145 Å². The van der Waals surface area contributed by atoms with Gasteiger partial charge in [0.05, 0.1) is 106 Å². The zero-order valence-corrected chi connectivity index (χ0v) is 58.7. The van der Waals surface area contributed by atoms with Gasteiger partial charge in [-0.2, -0.15) is 10.2 Å². The molecule has 7 atom stereocenters. The number of aromatic nitrogens is 6. The number of methoxy groups -OCH3 is 3. The molecule has 0 bridgehead atoms. The van der Waals surface area contributed by atoms with Crippen LogP contribution in [-0.4, -0.2) is 198 Å². The molecule has 2 saturated heterocycles. The number of aromatic amines is 2. The van der Waals surface area contributed by atoms with Gasteiger partial charge in [-0.05, 0) is 75.6 Å². The number of amides is 1. The first kappa shape index (κ1) is 76.4. The van der Waals surface area contributed by atoms with E-state index in [2.05, 4.69) is 40.9 Å². The third kappa shape index (κ3) is 19.0. The third-order valence-corrected chi connectivity index (χ3v) is 18.5. The first-order chi connectivity index (χ1) is 47.4. The summed E-state index contributed by atoms with van der Waals surface area (Å²) in [7, 11) is 2.48. The summed E-state index contributed by atoms with van der Waals surface area (Å²) in [4.78, 5) is 107. The van der Waals surface area contributed by atoms with E-state index in [0.29, 0.717) is 11.5 Å². The Hall–Kier alpha value is -8.31. The Kier molecular flexibility index (Phi) is 27.1. The van der Waals surface area contributed by atoms with E-state index in [1.165, 1.54) is 21.7 Å². The van der Waals surface area contributed by atoms with Gasteiger partial charge in [0, 0.05) is 63.2 Å². The number of ether oxygens (including phenoxy) is 11. The van der Waals surface area contributed by atoms with Gasteiger partial charge in [0.15, 0.2) is 35.8 Å². The molecular weight excluding hydrogens is 1310 g/mol. The monoisotopic (exact) mass is 1400 g/mol. The molecule has 8 rings (SSSR count). The fraction of sp³-hybridized carbons (Fsp3) is 0.529. The number of rotatable bonds is 36. The summed E-state index contributed by atoms with van der Waals surface area (Å²) in [5.74, 6) is -2.32. The van der Waals surface area contributed by atoms with E-state index in [0.717, 1.165) is 37.6 Å². The lowest BCUT2D eigenvalue weighted by atomic mass is 9.79. The summed E-state index contributed by atoms with van der Waals surface area (Å²) in [6.45, 7) is 15.4. The Morgan fingerprint density at radius 1 is 0.758 bits per heavy atom. The number of morpholine rings is 1. The summed E-state index contributed by atoms with van der Waals surface area (Å²) in [5.41, 5.74) is -4.41. The lowest BCUT2D eigenvalue weighted by Crippen LogP contribution is -2.61. The molecule has 3 aromatic carbocycles. The van der Waals surface area contributed by atoms with Crippen LogP contribution in [0.4, 0.5) is 5.95 Å². The maximum Gasteiger partial charge on any atom is 0.330 e. The number of imidazole rings is 1. The summed E-state index contributed by atoms with van der Waals surface area (Å²) in [6, 6.07) is 27.0.